The molecule has 9 heteroatoms. The van der Waals surface area contributed by atoms with Crippen molar-refractivity contribution in [3.63, 3.8) is 0 Å². The maximum Gasteiger partial charge on any atom is 0.229 e. The van der Waals surface area contributed by atoms with E-state index < -0.39 is 15.1 Å². The normalized spacial score (nSPS) is 14.6. The van der Waals surface area contributed by atoms with E-state index in [0.717, 1.165) is 11.4 Å². The van der Waals surface area contributed by atoms with E-state index in [4.69, 9.17) is 16.3 Å². The van der Waals surface area contributed by atoms with Crippen molar-refractivity contribution >= 4 is 44.6 Å². The summed E-state index contributed by atoms with van der Waals surface area (Å²) in [6, 6.07) is 11.0. The van der Waals surface area contributed by atoms with Gasteiger partial charge in [0.2, 0.25) is 5.95 Å². The highest BCUT2D eigenvalue weighted by atomic mass is 35.5. The Balaban J connectivity index is 1.66. The number of hydrogen-bond acceptors (Lipinski definition) is 7. The smallest absolute Gasteiger partial charge is 0.229 e. The fourth-order valence-electron chi connectivity index (χ4n) is 4.84. The molecule has 204 valence electrons. The van der Waals surface area contributed by atoms with E-state index in [2.05, 4.69) is 39.7 Å². The van der Waals surface area contributed by atoms with Crippen molar-refractivity contribution in [1.82, 2.24) is 9.97 Å². The summed E-state index contributed by atoms with van der Waals surface area (Å²) >= 11 is 6.42. The molecule has 0 spiro atoms. The molecule has 7 nitrogen and oxygen atoms in total. The zero-order valence-corrected chi connectivity index (χ0v) is 24.3. The number of nitrogens with one attached hydrogen (secondary N) is 2. The number of halogens is 1. The van der Waals surface area contributed by atoms with E-state index in [0.29, 0.717) is 23.4 Å². The SMILES string of the molecule is Cc1cc(Nc2ncc(Cl)c(Nc3ccccc3S(=O)(=O)C(C)C)n2)c(OC(C)C)cc1C1CCCCC1. The van der Waals surface area contributed by atoms with Gasteiger partial charge in [0, 0.05) is 0 Å². The van der Waals surface area contributed by atoms with Gasteiger partial charge < -0.3 is 15.4 Å². The van der Waals surface area contributed by atoms with Crippen LogP contribution in [-0.2, 0) is 9.84 Å². The first kappa shape index (κ1) is 28.2. The second-order valence-electron chi connectivity index (χ2n) is 10.4. The molecule has 0 bridgehead atoms. The first-order valence-electron chi connectivity index (χ1n) is 13.3. The largest absolute Gasteiger partial charge is 0.489 e. The van der Waals surface area contributed by atoms with Gasteiger partial charge in [-0.3, -0.25) is 0 Å². The molecule has 2 N–H and O–H groups in total. The van der Waals surface area contributed by atoms with Gasteiger partial charge in [0.05, 0.1) is 33.8 Å². The van der Waals surface area contributed by atoms with E-state index in [1.807, 2.05) is 13.8 Å². The minimum absolute atomic E-state index is 0.000216. The Morgan fingerprint density at radius 1 is 1.00 bits per heavy atom. The standard InChI is InChI=1S/C29H37ClN4O3S/c1-18(2)37-26-16-22(21-11-7-6-8-12-21)20(5)15-25(26)33-29-31-17-23(30)28(34-29)32-24-13-9-10-14-27(24)38(35,36)19(3)4/h9-10,13-19,21H,6-8,11-12H2,1-5H3,(H2,31,32,33,34). The van der Waals surface area contributed by atoms with Gasteiger partial charge in [0.25, 0.3) is 0 Å². The van der Waals surface area contributed by atoms with Crippen LogP contribution in [0.5, 0.6) is 5.75 Å². The zero-order chi connectivity index (χ0) is 27.4. The highest BCUT2D eigenvalue weighted by molar-refractivity contribution is 7.92. The maximum atomic E-state index is 12.9. The summed E-state index contributed by atoms with van der Waals surface area (Å²) in [5, 5.41) is 6.11. The Hall–Kier alpha value is -2.84. The van der Waals surface area contributed by atoms with Crippen molar-refractivity contribution in [2.24, 2.45) is 0 Å². The second kappa shape index (κ2) is 11.9. The van der Waals surface area contributed by atoms with Gasteiger partial charge in [-0.2, -0.15) is 4.98 Å². The van der Waals surface area contributed by atoms with Crippen molar-refractivity contribution in [2.75, 3.05) is 10.6 Å². The molecule has 1 heterocycles. The molecule has 0 saturated heterocycles. The van der Waals surface area contributed by atoms with E-state index in [-0.39, 0.29) is 16.0 Å². The molecular weight excluding hydrogens is 520 g/mol. The molecule has 0 radical (unpaired) electrons. The Kier molecular flexibility index (Phi) is 8.83. The molecule has 1 aromatic heterocycles. The first-order chi connectivity index (χ1) is 18.1. The van der Waals surface area contributed by atoms with Crippen molar-refractivity contribution < 1.29 is 13.2 Å². The van der Waals surface area contributed by atoms with Crippen LogP contribution in [-0.4, -0.2) is 29.7 Å². The molecule has 0 unspecified atom stereocenters. The maximum absolute atomic E-state index is 12.9. The first-order valence-corrected chi connectivity index (χ1v) is 15.2. The summed E-state index contributed by atoms with van der Waals surface area (Å²) in [6.07, 6.45) is 7.74. The molecule has 3 aromatic rings. The number of benzene rings is 2. The lowest BCUT2D eigenvalue weighted by Gasteiger charge is -2.26. The molecule has 38 heavy (non-hydrogen) atoms. The monoisotopic (exact) mass is 556 g/mol. The molecule has 0 aliphatic heterocycles. The zero-order valence-electron chi connectivity index (χ0n) is 22.7. The fraction of sp³-hybridized carbons (Fsp3) is 0.448. The Bertz CT molecular complexity index is 1390. The molecule has 1 aliphatic rings. The predicted molar refractivity (Wildman–Crippen MR) is 155 cm³/mol. The van der Waals surface area contributed by atoms with Crippen LogP contribution < -0.4 is 15.4 Å². The Labute approximate surface area is 231 Å². The molecule has 4 rings (SSSR count). The third-order valence-corrected chi connectivity index (χ3v) is 9.32. The highest BCUT2D eigenvalue weighted by Gasteiger charge is 2.24. The third kappa shape index (κ3) is 6.41. The average Bonchev–Trinajstić information content (AvgIpc) is 2.88. The number of aryl methyl sites for hydroxylation is 1. The summed E-state index contributed by atoms with van der Waals surface area (Å²) in [5.74, 6) is 1.93. The molecule has 1 fully saturated rings. The molecule has 2 aromatic carbocycles. The number of aromatic nitrogens is 2. The van der Waals surface area contributed by atoms with Crippen LogP contribution in [0.3, 0.4) is 0 Å². The highest BCUT2D eigenvalue weighted by Crippen LogP contribution is 2.40. The van der Waals surface area contributed by atoms with Crippen LogP contribution in [0.25, 0.3) is 0 Å². The van der Waals surface area contributed by atoms with Gasteiger partial charge in [-0.15, -0.1) is 0 Å². The summed E-state index contributed by atoms with van der Waals surface area (Å²) in [7, 11) is -3.52. The van der Waals surface area contributed by atoms with Gasteiger partial charge >= 0.3 is 0 Å². The quantitative estimate of drug-likeness (QED) is 0.276. The lowest BCUT2D eigenvalue weighted by Crippen LogP contribution is -2.15. The number of hydrogen-bond donors (Lipinski definition) is 2. The topological polar surface area (TPSA) is 93.2 Å². The minimum Gasteiger partial charge on any atom is -0.489 e. The van der Waals surface area contributed by atoms with Gasteiger partial charge in [0.15, 0.2) is 15.7 Å². The third-order valence-electron chi connectivity index (χ3n) is 6.83. The van der Waals surface area contributed by atoms with Crippen LogP contribution in [0.15, 0.2) is 47.5 Å². The molecule has 0 amide bonds. The van der Waals surface area contributed by atoms with Crippen LogP contribution in [0.4, 0.5) is 23.1 Å². The lowest BCUT2D eigenvalue weighted by molar-refractivity contribution is 0.243. The number of ether oxygens (including phenoxy) is 1. The van der Waals surface area contributed by atoms with Gasteiger partial charge in [-0.05, 0) is 88.8 Å². The summed E-state index contributed by atoms with van der Waals surface area (Å²) < 4.78 is 32.0. The van der Waals surface area contributed by atoms with Gasteiger partial charge in [-0.25, -0.2) is 13.4 Å². The number of sulfone groups is 1. The molecule has 1 saturated carbocycles. The summed E-state index contributed by atoms with van der Waals surface area (Å²) in [6.45, 7) is 9.46. The van der Waals surface area contributed by atoms with Crippen molar-refractivity contribution in [3.8, 4) is 5.75 Å². The van der Waals surface area contributed by atoms with E-state index in [1.54, 1.807) is 38.1 Å². The minimum atomic E-state index is -3.52. The number of anilines is 4. The second-order valence-corrected chi connectivity index (χ2v) is 13.3. The number of rotatable bonds is 9. The van der Waals surface area contributed by atoms with Gasteiger partial charge in [0.1, 0.15) is 10.8 Å². The van der Waals surface area contributed by atoms with Crippen LogP contribution in [0.2, 0.25) is 5.02 Å². The molecule has 0 atom stereocenters. The van der Waals surface area contributed by atoms with Crippen LogP contribution in [0, 0.1) is 6.92 Å². The number of nitrogens with zero attached hydrogens (tertiary/aromatic N) is 2. The fourth-order valence-corrected chi connectivity index (χ4v) is 6.18. The number of para-hydroxylation sites is 1. The molecule has 1 aliphatic carbocycles. The molecular formula is C29H37ClN4O3S. The van der Waals surface area contributed by atoms with Crippen molar-refractivity contribution in [2.45, 2.75) is 88.9 Å². The van der Waals surface area contributed by atoms with E-state index >= 15 is 0 Å². The lowest BCUT2D eigenvalue weighted by atomic mass is 9.82. The van der Waals surface area contributed by atoms with Crippen molar-refractivity contribution in [3.05, 3.63) is 58.7 Å². The Morgan fingerprint density at radius 3 is 2.39 bits per heavy atom. The van der Waals surface area contributed by atoms with Gasteiger partial charge in [-0.1, -0.05) is 43.0 Å². The average molecular weight is 557 g/mol. The van der Waals surface area contributed by atoms with E-state index in [9.17, 15) is 8.42 Å². The predicted octanol–water partition coefficient (Wildman–Crippen LogP) is 7.94. The Morgan fingerprint density at radius 2 is 1.71 bits per heavy atom. The van der Waals surface area contributed by atoms with Crippen LogP contribution >= 0.6 is 11.6 Å². The summed E-state index contributed by atoms with van der Waals surface area (Å²) in [5.41, 5.74) is 3.72. The van der Waals surface area contributed by atoms with E-state index in [1.165, 1.54) is 49.4 Å². The van der Waals surface area contributed by atoms with Crippen molar-refractivity contribution in [1.29, 1.82) is 0 Å². The van der Waals surface area contributed by atoms with Crippen LogP contribution in [0.1, 0.15) is 76.8 Å². The summed E-state index contributed by atoms with van der Waals surface area (Å²) in [4.78, 5) is 9.14.